The first kappa shape index (κ1) is 19.4. The number of fused-ring (bicyclic) bond motifs is 1. The molecule has 1 fully saturated rings. The summed E-state index contributed by atoms with van der Waals surface area (Å²) >= 11 is 0. The van der Waals surface area contributed by atoms with E-state index in [2.05, 4.69) is 5.32 Å². The van der Waals surface area contributed by atoms with Gasteiger partial charge in [-0.1, -0.05) is 36.4 Å². The maximum absolute atomic E-state index is 13.5. The number of rotatable bonds is 5. The molecular formula is C22H20F3NO3. The van der Waals surface area contributed by atoms with Gasteiger partial charge in [0.2, 0.25) is 5.91 Å². The van der Waals surface area contributed by atoms with E-state index < -0.39 is 17.7 Å². The van der Waals surface area contributed by atoms with Crippen molar-refractivity contribution in [2.24, 2.45) is 5.92 Å². The maximum Gasteiger partial charge on any atom is 0.417 e. The van der Waals surface area contributed by atoms with Gasteiger partial charge in [-0.25, -0.2) is 0 Å². The summed E-state index contributed by atoms with van der Waals surface area (Å²) in [5.41, 5.74) is -0.212. The number of ether oxygens (including phenoxy) is 2. The standard InChI is InChI=1S/C22H20F3NO3/c23-22(24,25)17(14-4-2-1-3-5-14)13-20(27)26-21(15-6-7-15)16-8-9-18-19(12-16)29-11-10-28-18/h1-5,8-9,12-13,15,21H,6-7,10-11H2,(H,26,27)/b17-13+. The average Bonchev–Trinajstić information content (AvgIpc) is 3.55. The summed E-state index contributed by atoms with van der Waals surface area (Å²) in [5, 5.41) is 2.76. The molecule has 1 aliphatic carbocycles. The molecule has 2 aromatic rings. The lowest BCUT2D eigenvalue weighted by Gasteiger charge is -2.23. The molecule has 2 aliphatic rings. The molecule has 2 aromatic carbocycles. The molecular weight excluding hydrogens is 383 g/mol. The number of carbonyl (C=O) groups excluding carboxylic acids is 1. The number of allylic oxidation sites excluding steroid dienone is 1. The molecule has 1 N–H and O–H groups in total. The topological polar surface area (TPSA) is 47.6 Å². The van der Waals surface area contributed by atoms with Crippen molar-refractivity contribution in [1.29, 1.82) is 0 Å². The summed E-state index contributed by atoms with van der Waals surface area (Å²) < 4.78 is 51.6. The van der Waals surface area contributed by atoms with Crippen LogP contribution in [0.5, 0.6) is 11.5 Å². The number of benzene rings is 2. The van der Waals surface area contributed by atoms with Crippen LogP contribution in [-0.2, 0) is 4.79 Å². The van der Waals surface area contributed by atoms with Gasteiger partial charge in [0.05, 0.1) is 11.6 Å². The molecule has 1 aliphatic heterocycles. The highest BCUT2D eigenvalue weighted by atomic mass is 19.4. The first-order valence-electron chi connectivity index (χ1n) is 9.46. The lowest BCUT2D eigenvalue weighted by Crippen LogP contribution is -2.29. The molecule has 29 heavy (non-hydrogen) atoms. The minimum atomic E-state index is -4.63. The number of carbonyl (C=O) groups is 1. The van der Waals surface area contributed by atoms with E-state index in [0.29, 0.717) is 30.8 Å². The summed E-state index contributed by atoms with van der Waals surface area (Å²) in [7, 11) is 0. The normalized spacial score (nSPS) is 17.6. The van der Waals surface area contributed by atoms with Crippen LogP contribution < -0.4 is 14.8 Å². The fourth-order valence-electron chi connectivity index (χ4n) is 3.43. The van der Waals surface area contributed by atoms with E-state index >= 15 is 0 Å². The van der Waals surface area contributed by atoms with Gasteiger partial charge < -0.3 is 14.8 Å². The first-order chi connectivity index (χ1) is 13.9. The highest BCUT2D eigenvalue weighted by Crippen LogP contribution is 2.43. The van der Waals surface area contributed by atoms with Crippen LogP contribution in [-0.4, -0.2) is 25.3 Å². The van der Waals surface area contributed by atoms with Crippen LogP contribution in [0.2, 0.25) is 0 Å². The molecule has 1 amide bonds. The lowest BCUT2D eigenvalue weighted by molar-refractivity contribution is -0.117. The minimum Gasteiger partial charge on any atom is -0.486 e. The summed E-state index contributed by atoms with van der Waals surface area (Å²) in [4.78, 5) is 12.5. The van der Waals surface area contributed by atoms with Crippen molar-refractivity contribution in [1.82, 2.24) is 5.32 Å². The van der Waals surface area contributed by atoms with Gasteiger partial charge in [0, 0.05) is 6.08 Å². The zero-order chi connectivity index (χ0) is 20.4. The Kier molecular flexibility index (Phi) is 5.22. The van der Waals surface area contributed by atoms with Crippen LogP contribution in [0.1, 0.15) is 30.0 Å². The highest BCUT2D eigenvalue weighted by Gasteiger charge is 2.37. The van der Waals surface area contributed by atoms with Crippen LogP contribution in [0.3, 0.4) is 0 Å². The summed E-state index contributed by atoms with van der Waals surface area (Å²) in [5.74, 6) is 0.641. The van der Waals surface area contributed by atoms with Gasteiger partial charge >= 0.3 is 6.18 Å². The SMILES string of the molecule is O=C(/C=C(\c1ccccc1)C(F)(F)F)NC(c1ccc2c(c1)OCCO2)C1CC1. The third kappa shape index (κ3) is 4.55. The van der Waals surface area contributed by atoms with Crippen molar-refractivity contribution in [3.63, 3.8) is 0 Å². The third-order valence-electron chi connectivity index (χ3n) is 4.98. The minimum absolute atomic E-state index is 0.0440. The third-order valence-corrected chi connectivity index (χ3v) is 4.98. The van der Waals surface area contributed by atoms with Gasteiger partial charge in [-0.3, -0.25) is 4.79 Å². The zero-order valence-corrected chi connectivity index (χ0v) is 15.5. The average molecular weight is 403 g/mol. The van der Waals surface area contributed by atoms with Crippen molar-refractivity contribution in [2.75, 3.05) is 13.2 Å². The Bertz CT molecular complexity index is 921. The molecule has 1 heterocycles. The highest BCUT2D eigenvalue weighted by molar-refractivity contribution is 5.96. The molecule has 4 nitrogen and oxygen atoms in total. The molecule has 1 unspecified atom stereocenters. The Hall–Kier alpha value is -2.96. The molecule has 0 bridgehead atoms. The van der Waals surface area contributed by atoms with E-state index in [1.54, 1.807) is 18.2 Å². The Morgan fingerprint density at radius 2 is 1.72 bits per heavy atom. The summed E-state index contributed by atoms with van der Waals surface area (Å²) in [6.07, 6.45) is -2.17. The molecule has 0 saturated heterocycles. The second kappa shape index (κ2) is 7.81. The molecule has 0 spiro atoms. The molecule has 0 aromatic heterocycles. The first-order valence-corrected chi connectivity index (χ1v) is 9.46. The van der Waals surface area contributed by atoms with Crippen LogP contribution in [0.4, 0.5) is 13.2 Å². The van der Waals surface area contributed by atoms with Crippen LogP contribution in [0.15, 0.2) is 54.6 Å². The van der Waals surface area contributed by atoms with Crippen molar-refractivity contribution >= 4 is 11.5 Å². The van der Waals surface area contributed by atoms with Crippen molar-refractivity contribution in [2.45, 2.75) is 25.1 Å². The van der Waals surface area contributed by atoms with E-state index in [-0.39, 0.29) is 17.5 Å². The fourth-order valence-corrected chi connectivity index (χ4v) is 3.43. The van der Waals surface area contributed by atoms with Crippen LogP contribution >= 0.6 is 0 Å². The van der Waals surface area contributed by atoms with Gasteiger partial charge in [-0.05, 0) is 42.0 Å². The predicted octanol–water partition coefficient (Wildman–Crippen LogP) is 4.67. The van der Waals surface area contributed by atoms with Crippen molar-refractivity contribution in [3.8, 4) is 11.5 Å². The van der Waals surface area contributed by atoms with Gasteiger partial charge in [-0.15, -0.1) is 0 Å². The Labute approximate surface area is 166 Å². The Morgan fingerprint density at radius 3 is 2.38 bits per heavy atom. The largest absolute Gasteiger partial charge is 0.486 e. The molecule has 1 atom stereocenters. The Balaban J connectivity index is 1.58. The number of alkyl halides is 3. The van der Waals surface area contributed by atoms with Crippen LogP contribution in [0.25, 0.3) is 5.57 Å². The number of amides is 1. The lowest BCUT2D eigenvalue weighted by atomic mass is 10.0. The molecule has 152 valence electrons. The van der Waals surface area contributed by atoms with Gasteiger partial charge in [-0.2, -0.15) is 13.2 Å². The molecule has 1 saturated carbocycles. The maximum atomic E-state index is 13.5. The number of hydrogen-bond donors (Lipinski definition) is 1. The van der Waals surface area contributed by atoms with E-state index in [9.17, 15) is 18.0 Å². The molecule has 0 radical (unpaired) electrons. The van der Waals surface area contributed by atoms with Gasteiger partial charge in [0.25, 0.3) is 0 Å². The zero-order valence-electron chi connectivity index (χ0n) is 15.5. The monoisotopic (exact) mass is 403 g/mol. The second-order valence-corrected chi connectivity index (χ2v) is 7.15. The van der Waals surface area contributed by atoms with Gasteiger partial charge in [0.1, 0.15) is 13.2 Å². The smallest absolute Gasteiger partial charge is 0.417 e. The van der Waals surface area contributed by atoms with E-state index in [4.69, 9.17) is 9.47 Å². The summed E-state index contributed by atoms with van der Waals surface area (Å²) in [6.45, 7) is 0.908. The number of hydrogen-bond acceptors (Lipinski definition) is 3. The predicted molar refractivity (Wildman–Crippen MR) is 102 cm³/mol. The fraction of sp³-hybridized carbons (Fsp3) is 0.318. The molecule has 7 heteroatoms. The van der Waals surface area contributed by atoms with Crippen molar-refractivity contribution < 1.29 is 27.4 Å². The van der Waals surface area contributed by atoms with Crippen LogP contribution in [0, 0.1) is 5.92 Å². The number of nitrogens with one attached hydrogen (secondary N) is 1. The van der Waals surface area contributed by atoms with Crippen molar-refractivity contribution in [3.05, 3.63) is 65.7 Å². The van der Waals surface area contributed by atoms with Gasteiger partial charge in [0.15, 0.2) is 11.5 Å². The quantitative estimate of drug-likeness (QED) is 0.738. The molecule has 4 rings (SSSR count). The Morgan fingerprint density at radius 1 is 1.03 bits per heavy atom. The second-order valence-electron chi connectivity index (χ2n) is 7.15. The van der Waals surface area contributed by atoms with E-state index in [1.165, 1.54) is 24.3 Å². The van der Waals surface area contributed by atoms with E-state index in [1.807, 2.05) is 6.07 Å². The summed E-state index contributed by atoms with van der Waals surface area (Å²) in [6, 6.07) is 12.3. The van der Waals surface area contributed by atoms with E-state index in [0.717, 1.165) is 18.4 Å². The number of halogens is 3.